The fourth-order valence-electron chi connectivity index (χ4n) is 2.22. The van der Waals surface area contributed by atoms with E-state index in [2.05, 4.69) is 32.0 Å². The first-order valence-electron chi connectivity index (χ1n) is 6.09. The number of nitrogens with zero attached hydrogens (tertiary/aromatic N) is 2. The molecular formula is C14H9BrN4OS. The van der Waals surface area contributed by atoms with E-state index in [1.54, 1.807) is 22.9 Å². The number of nitriles is 1. The molecule has 3 rings (SSSR count). The normalized spacial score (nSPS) is 10.7. The van der Waals surface area contributed by atoms with Crippen molar-refractivity contribution in [3.63, 3.8) is 0 Å². The van der Waals surface area contributed by atoms with Crippen molar-refractivity contribution >= 4 is 39.2 Å². The summed E-state index contributed by atoms with van der Waals surface area (Å²) in [6.45, 7) is 0.417. The maximum Gasteiger partial charge on any atom is 0.276 e. The van der Waals surface area contributed by atoms with Gasteiger partial charge in [0.2, 0.25) is 0 Å². The summed E-state index contributed by atoms with van der Waals surface area (Å²) in [7, 11) is 0. The molecule has 0 saturated carbocycles. The third-order valence-electron chi connectivity index (χ3n) is 3.23. The zero-order chi connectivity index (χ0) is 15.0. The smallest absolute Gasteiger partial charge is 0.276 e. The summed E-state index contributed by atoms with van der Waals surface area (Å²) in [5, 5.41) is 9.24. The van der Waals surface area contributed by atoms with E-state index in [0.29, 0.717) is 22.4 Å². The number of fused-ring (bicyclic) bond motifs is 1. The van der Waals surface area contributed by atoms with Crippen molar-refractivity contribution in [1.82, 2.24) is 14.5 Å². The summed E-state index contributed by atoms with van der Waals surface area (Å²) in [4.78, 5) is 17.3. The van der Waals surface area contributed by atoms with Gasteiger partial charge in [0.1, 0.15) is 5.52 Å². The first kappa shape index (κ1) is 13.8. The van der Waals surface area contributed by atoms with E-state index in [-0.39, 0.29) is 5.56 Å². The molecule has 1 aromatic carbocycles. The Balaban J connectivity index is 2.20. The van der Waals surface area contributed by atoms with Crippen molar-refractivity contribution in [3.8, 4) is 6.07 Å². The predicted octanol–water partition coefficient (Wildman–Crippen LogP) is 3.07. The van der Waals surface area contributed by atoms with Gasteiger partial charge in [-0.1, -0.05) is 22.0 Å². The van der Waals surface area contributed by atoms with Crippen molar-refractivity contribution in [2.75, 3.05) is 0 Å². The van der Waals surface area contributed by atoms with Gasteiger partial charge in [-0.2, -0.15) is 5.26 Å². The zero-order valence-electron chi connectivity index (χ0n) is 10.7. The van der Waals surface area contributed by atoms with Crippen LogP contribution in [0.3, 0.4) is 0 Å². The number of halogens is 1. The SMILES string of the molecule is N#Cc1cc(Br)ccc1Cn1c(=S)[nH]c(=O)c2[nH]ccc21. The van der Waals surface area contributed by atoms with Gasteiger partial charge in [-0.3, -0.25) is 9.78 Å². The molecule has 2 aromatic heterocycles. The van der Waals surface area contributed by atoms with Gasteiger partial charge in [0.05, 0.1) is 23.7 Å². The van der Waals surface area contributed by atoms with Crippen LogP contribution in [-0.2, 0) is 6.54 Å². The summed E-state index contributed by atoms with van der Waals surface area (Å²) in [5.74, 6) is 0. The van der Waals surface area contributed by atoms with Crippen LogP contribution in [-0.4, -0.2) is 14.5 Å². The second-order valence-electron chi connectivity index (χ2n) is 4.50. The highest BCUT2D eigenvalue weighted by Crippen LogP contribution is 2.18. The first-order chi connectivity index (χ1) is 10.1. The number of nitrogens with one attached hydrogen (secondary N) is 2. The van der Waals surface area contributed by atoms with Crippen LogP contribution in [0.1, 0.15) is 11.1 Å². The van der Waals surface area contributed by atoms with Crippen LogP contribution in [0.5, 0.6) is 0 Å². The Morgan fingerprint density at radius 1 is 1.38 bits per heavy atom. The Labute approximate surface area is 133 Å². The van der Waals surface area contributed by atoms with Crippen molar-refractivity contribution in [2.24, 2.45) is 0 Å². The fraction of sp³-hybridized carbons (Fsp3) is 0.0714. The standard InChI is InChI=1S/C14H9BrN4OS/c15-10-2-1-8(9(5-10)6-16)7-19-11-3-4-17-12(11)13(20)18-14(19)21/h1-5,17H,7H2,(H,18,20,21). The summed E-state index contributed by atoms with van der Waals surface area (Å²) in [6.07, 6.45) is 1.69. The average molecular weight is 361 g/mol. The first-order valence-corrected chi connectivity index (χ1v) is 7.29. The lowest BCUT2D eigenvalue weighted by atomic mass is 10.1. The number of benzene rings is 1. The molecule has 0 unspecified atom stereocenters. The third kappa shape index (κ3) is 2.44. The van der Waals surface area contributed by atoms with Crippen molar-refractivity contribution < 1.29 is 0 Å². The van der Waals surface area contributed by atoms with Crippen LogP contribution in [0.25, 0.3) is 11.0 Å². The molecule has 0 saturated heterocycles. The molecule has 0 atom stereocenters. The second kappa shape index (κ2) is 5.31. The largest absolute Gasteiger partial charge is 0.355 e. The molecule has 0 aliphatic rings. The molecule has 0 aliphatic carbocycles. The van der Waals surface area contributed by atoms with Crippen LogP contribution in [0.2, 0.25) is 0 Å². The van der Waals surface area contributed by atoms with Crippen LogP contribution in [0, 0.1) is 16.1 Å². The van der Waals surface area contributed by atoms with E-state index in [4.69, 9.17) is 12.2 Å². The summed E-state index contributed by atoms with van der Waals surface area (Å²) in [6, 6.07) is 9.48. The molecule has 7 heteroatoms. The highest BCUT2D eigenvalue weighted by Gasteiger charge is 2.09. The van der Waals surface area contributed by atoms with E-state index in [1.807, 2.05) is 12.1 Å². The van der Waals surface area contributed by atoms with Crippen molar-refractivity contribution in [2.45, 2.75) is 6.54 Å². The number of hydrogen-bond acceptors (Lipinski definition) is 3. The molecule has 3 aromatic rings. The molecule has 0 radical (unpaired) electrons. The highest BCUT2D eigenvalue weighted by molar-refractivity contribution is 9.10. The Morgan fingerprint density at radius 2 is 2.19 bits per heavy atom. The van der Waals surface area contributed by atoms with Gasteiger partial charge < -0.3 is 9.55 Å². The Morgan fingerprint density at radius 3 is 2.95 bits per heavy atom. The van der Waals surface area contributed by atoms with E-state index in [0.717, 1.165) is 15.6 Å². The lowest BCUT2D eigenvalue weighted by Crippen LogP contribution is -2.15. The van der Waals surface area contributed by atoms with Gasteiger partial charge >= 0.3 is 0 Å². The maximum absolute atomic E-state index is 11.8. The van der Waals surface area contributed by atoms with Crippen molar-refractivity contribution in [1.29, 1.82) is 5.26 Å². The van der Waals surface area contributed by atoms with Crippen LogP contribution in [0.4, 0.5) is 0 Å². The monoisotopic (exact) mass is 360 g/mol. The number of aromatic nitrogens is 3. The van der Waals surface area contributed by atoms with Gasteiger partial charge in [0, 0.05) is 10.7 Å². The number of hydrogen-bond donors (Lipinski definition) is 2. The van der Waals surface area contributed by atoms with E-state index >= 15 is 0 Å². The zero-order valence-corrected chi connectivity index (χ0v) is 13.1. The molecule has 104 valence electrons. The molecule has 21 heavy (non-hydrogen) atoms. The minimum Gasteiger partial charge on any atom is -0.355 e. The summed E-state index contributed by atoms with van der Waals surface area (Å²) in [5.41, 5.74) is 2.36. The molecule has 2 heterocycles. The van der Waals surface area contributed by atoms with Gasteiger partial charge in [-0.05, 0) is 36.0 Å². The average Bonchev–Trinajstić information content (AvgIpc) is 2.94. The van der Waals surface area contributed by atoms with Gasteiger partial charge in [-0.25, -0.2) is 0 Å². The quantitative estimate of drug-likeness (QED) is 0.689. The Hall–Kier alpha value is -2.17. The minimum atomic E-state index is -0.243. The minimum absolute atomic E-state index is 0.243. The topological polar surface area (TPSA) is 77.4 Å². The lowest BCUT2D eigenvalue weighted by Gasteiger charge is -2.10. The number of aromatic amines is 2. The van der Waals surface area contributed by atoms with E-state index in [1.165, 1.54) is 0 Å². The van der Waals surface area contributed by atoms with Crippen LogP contribution < -0.4 is 5.56 Å². The van der Waals surface area contributed by atoms with Gasteiger partial charge in [-0.15, -0.1) is 0 Å². The van der Waals surface area contributed by atoms with E-state index < -0.39 is 0 Å². The molecule has 0 aliphatic heterocycles. The lowest BCUT2D eigenvalue weighted by molar-refractivity contribution is 0.780. The molecule has 0 amide bonds. The third-order valence-corrected chi connectivity index (χ3v) is 4.05. The predicted molar refractivity (Wildman–Crippen MR) is 85.7 cm³/mol. The fourth-order valence-corrected chi connectivity index (χ4v) is 2.84. The van der Waals surface area contributed by atoms with Gasteiger partial charge in [0.15, 0.2) is 4.77 Å². The maximum atomic E-state index is 11.8. The molecule has 0 bridgehead atoms. The number of H-pyrrole nitrogens is 2. The van der Waals surface area contributed by atoms with Gasteiger partial charge in [0.25, 0.3) is 5.56 Å². The summed E-state index contributed by atoms with van der Waals surface area (Å²) < 4.78 is 2.98. The Bertz CT molecular complexity index is 993. The van der Waals surface area contributed by atoms with Crippen LogP contribution >= 0.6 is 28.1 Å². The molecule has 0 spiro atoms. The number of rotatable bonds is 2. The Kier molecular flexibility index (Phi) is 3.49. The second-order valence-corrected chi connectivity index (χ2v) is 5.80. The van der Waals surface area contributed by atoms with Crippen molar-refractivity contribution in [3.05, 3.63) is 61.2 Å². The molecule has 2 N–H and O–H groups in total. The highest BCUT2D eigenvalue weighted by atomic mass is 79.9. The van der Waals surface area contributed by atoms with Crippen LogP contribution in [0.15, 0.2) is 39.7 Å². The van der Waals surface area contributed by atoms with E-state index in [9.17, 15) is 10.1 Å². The molecular weight excluding hydrogens is 352 g/mol. The molecule has 5 nitrogen and oxygen atoms in total. The summed E-state index contributed by atoms with van der Waals surface area (Å²) >= 11 is 8.59. The molecule has 0 fully saturated rings.